The number of aromatic nitrogens is 1. The first-order valence-electron chi connectivity index (χ1n) is 21.5. The van der Waals surface area contributed by atoms with Gasteiger partial charge in [-0.2, -0.15) is 0 Å². The minimum Gasteiger partial charge on any atom is -0.492 e. The maximum absolute atomic E-state index is 14.6. The second-order valence-corrected chi connectivity index (χ2v) is 19.7. The number of nitrogens with zero attached hydrogens (tertiary/aromatic N) is 1. The Kier molecular flexibility index (Phi) is 13.0. The molecule has 0 spiro atoms. The van der Waals surface area contributed by atoms with Gasteiger partial charge in [0, 0.05) is 41.8 Å². The second-order valence-electron chi connectivity index (χ2n) is 19.7. The lowest BCUT2D eigenvalue weighted by atomic mass is 9.33. The summed E-state index contributed by atoms with van der Waals surface area (Å²) in [7, 11) is 0. The molecule has 6 rings (SSSR count). The largest absolute Gasteiger partial charge is 0.492 e. The first-order valence-corrected chi connectivity index (χ1v) is 21.5. The molecule has 5 aliphatic rings. The molecule has 0 saturated heterocycles. The van der Waals surface area contributed by atoms with E-state index in [0.717, 1.165) is 51.4 Å². The van der Waals surface area contributed by atoms with Gasteiger partial charge in [0.05, 0.1) is 59.3 Å². The average Bonchev–Trinajstić information content (AvgIpc) is 3.48. The van der Waals surface area contributed by atoms with Crippen LogP contribution in [-0.2, 0) is 38.1 Å². The van der Waals surface area contributed by atoms with E-state index >= 15 is 0 Å². The Morgan fingerprint density at radius 2 is 1.36 bits per heavy atom. The standard InChI is InChI=1S/C45H68N2O11/c1-40(2)33-10-14-45(7)38(43(33,5)13-11-34(40)49)32(48)28-30-31-29-42(4,16-15-41(31,3)17-18-44(30,45)6)39(53)46-19-21-55-23-25-57-27-26-56-24-22-54-20-12-37(52)58-47-35(50)8-9-36(47)51/h8-9,28,31,33,38,50-51H,10-27,29H2,1-7H3,(H,46,53)/t31-,33+,38-,41-,42+,43+,44-,45-/m1/s1. The lowest BCUT2D eigenvalue weighted by Crippen LogP contribution is -2.66. The topological polar surface area (TPSA) is 172 Å². The van der Waals surface area contributed by atoms with Gasteiger partial charge in [0.2, 0.25) is 17.7 Å². The van der Waals surface area contributed by atoms with Crippen LogP contribution in [0.3, 0.4) is 0 Å². The zero-order valence-corrected chi connectivity index (χ0v) is 35.9. The van der Waals surface area contributed by atoms with Crippen LogP contribution in [0.4, 0.5) is 0 Å². The number of aromatic hydroxyl groups is 2. The van der Waals surface area contributed by atoms with Gasteiger partial charge >= 0.3 is 5.97 Å². The highest BCUT2D eigenvalue weighted by Crippen LogP contribution is 2.74. The summed E-state index contributed by atoms with van der Waals surface area (Å²) >= 11 is 0. The Bertz CT molecular complexity index is 1720. The van der Waals surface area contributed by atoms with E-state index in [1.807, 2.05) is 6.08 Å². The summed E-state index contributed by atoms with van der Waals surface area (Å²) < 4.78 is 22.8. The van der Waals surface area contributed by atoms with Crippen LogP contribution in [0, 0.1) is 50.2 Å². The number of hydrogen-bond donors (Lipinski definition) is 3. The Morgan fingerprint density at radius 1 is 0.776 bits per heavy atom. The van der Waals surface area contributed by atoms with Crippen LogP contribution in [-0.4, -0.2) is 97.8 Å². The number of Topliss-reactive ketones (excluding diaryl/α,β-unsaturated/α-hetero) is 1. The van der Waals surface area contributed by atoms with Gasteiger partial charge in [-0.05, 0) is 90.9 Å². The van der Waals surface area contributed by atoms with Crippen LogP contribution >= 0.6 is 0 Å². The number of carbonyl (C=O) groups is 4. The molecule has 0 aromatic carbocycles. The molecule has 8 atom stereocenters. The molecule has 0 aliphatic heterocycles. The maximum atomic E-state index is 14.6. The summed E-state index contributed by atoms with van der Waals surface area (Å²) in [4.78, 5) is 58.2. The van der Waals surface area contributed by atoms with Crippen LogP contribution in [0.5, 0.6) is 11.8 Å². The molecular formula is C45H68N2O11. The molecule has 324 valence electrons. The second kappa shape index (κ2) is 17.0. The van der Waals surface area contributed by atoms with Gasteiger partial charge in [-0.1, -0.05) is 54.0 Å². The molecule has 5 aliphatic carbocycles. The molecule has 0 bridgehead atoms. The van der Waals surface area contributed by atoms with Gasteiger partial charge in [-0.25, -0.2) is 4.79 Å². The van der Waals surface area contributed by atoms with Crippen LogP contribution in [0.25, 0.3) is 0 Å². The van der Waals surface area contributed by atoms with Crippen molar-refractivity contribution in [2.45, 2.75) is 113 Å². The molecule has 13 heteroatoms. The monoisotopic (exact) mass is 812 g/mol. The predicted octanol–water partition coefficient (Wildman–Crippen LogP) is 5.98. The molecule has 1 aromatic rings. The summed E-state index contributed by atoms with van der Waals surface area (Å²) in [6.07, 6.45) is 9.91. The molecule has 4 saturated carbocycles. The highest BCUT2D eigenvalue weighted by Gasteiger charge is 2.70. The summed E-state index contributed by atoms with van der Waals surface area (Å²) in [5.74, 6) is -0.518. The predicted molar refractivity (Wildman–Crippen MR) is 215 cm³/mol. The third-order valence-electron chi connectivity index (χ3n) is 16.0. The number of rotatable bonds is 17. The van der Waals surface area contributed by atoms with Crippen molar-refractivity contribution in [3.8, 4) is 11.8 Å². The van der Waals surface area contributed by atoms with Crippen molar-refractivity contribution in [3.63, 3.8) is 0 Å². The van der Waals surface area contributed by atoms with Crippen LogP contribution in [0.2, 0.25) is 0 Å². The summed E-state index contributed by atoms with van der Waals surface area (Å²) in [6.45, 7) is 18.9. The van der Waals surface area contributed by atoms with Crippen molar-refractivity contribution in [1.82, 2.24) is 10.0 Å². The Hall–Kier alpha value is -3.26. The molecule has 13 nitrogen and oxygen atoms in total. The fourth-order valence-electron chi connectivity index (χ4n) is 12.2. The van der Waals surface area contributed by atoms with E-state index in [2.05, 4.69) is 53.8 Å². The SMILES string of the molecule is CC1(C)C(=O)CC[C@]2(C)[C@H]3C(=O)C=C4[C@H]5C[C@@](C)(C(=O)NCCOCCOCCOCCOCCC(=O)On6c(O)ccc6O)CC[C@]5(C)CC[C@@]4(C)[C@]3(C)CC[C@@H]12. The van der Waals surface area contributed by atoms with Gasteiger partial charge < -0.3 is 39.3 Å². The minimum atomic E-state index is -0.666. The fourth-order valence-corrected chi connectivity index (χ4v) is 12.2. The molecule has 0 unspecified atom stereocenters. The number of allylic oxidation sites excluding steroid dienone is 2. The third kappa shape index (κ3) is 8.14. The van der Waals surface area contributed by atoms with Crippen molar-refractivity contribution in [1.29, 1.82) is 0 Å². The van der Waals surface area contributed by atoms with Crippen molar-refractivity contribution in [2.24, 2.45) is 50.2 Å². The van der Waals surface area contributed by atoms with Gasteiger partial charge in [0.15, 0.2) is 5.78 Å². The first-order chi connectivity index (χ1) is 27.3. The molecule has 3 N–H and O–H groups in total. The van der Waals surface area contributed by atoms with Crippen molar-refractivity contribution in [2.75, 3.05) is 59.4 Å². The number of fused-ring (bicyclic) bond motifs is 7. The number of ether oxygens (including phenoxy) is 4. The maximum Gasteiger partial charge on any atom is 0.335 e. The normalized spacial score (nSPS) is 35.2. The van der Waals surface area contributed by atoms with Crippen LogP contribution in [0.1, 0.15) is 113 Å². The van der Waals surface area contributed by atoms with Crippen molar-refractivity contribution in [3.05, 3.63) is 23.8 Å². The van der Waals surface area contributed by atoms with Gasteiger partial charge in [-0.3, -0.25) is 14.4 Å². The number of ketones is 2. The molecule has 58 heavy (non-hydrogen) atoms. The molecule has 0 radical (unpaired) electrons. The van der Waals surface area contributed by atoms with Gasteiger partial charge in [-0.15, -0.1) is 4.73 Å². The zero-order chi connectivity index (χ0) is 42.1. The molecule has 4 fully saturated rings. The molecule has 1 aromatic heterocycles. The number of nitrogens with one attached hydrogen (secondary N) is 1. The fraction of sp³-hybridized carbons (Fsp3) is 0.778. The molecule has 1 heterocycles. The van der Waals surface area contributed by atoms with E-state index < -0.39 is 16.8 Å². The average molecular weight is 813 g/mol. The van der Waals surface area contributed by atoms with Gasteiger partial charge in [0.1, 0.15) is 5.78 Å². The smallest absolute Gasteiger partial charge is 0.335 e. The number of amides is 1. The van der Waals surface area contributed by atoms with E-state index in [-0.39, 0.29) is 82.5 Å². The molecule has 1 amide bonds. The van der Waals surface area contributed by atoms with E-state index in [0.29, 0.717) is 63.1 Å². The lowest BCUT2D eigenvalue weighted by molar-refractivity contribution is -0.187. The summed E-state index contributed by atoms with van der Waals surface area (Å²) in [5.41, 5.74) is -0.149. The van der Waals surface area contributed by atoms with Crippen molar-refractivity contribution >= 4 is 23.4 Å². The highest BCUT2D eigenvalue weighted by atomic mass is 16.7. The van der Waals surface area contributed by atoms with E-state index in [1.54, 1.807) is 0 Å². The molecular weight excluding hydrogens is 744 g/mol. The van der Waals surface area contributed by atoms with Crippen LogP contribution < -0.4 is 10.2 Å². The lowest BCUT2D eigenvalue weighted by Gasteiger charge is -2.70. The number of carbonyl (C=O) groups excluding carboxylic acids is 4. The Morgan fingerprint density at radius 3 is 2.00 bits per heavy atom. The quantitative estimate of drug-likeness (QED) is 0.158. The number of hydrogen-bond acceptors (Lipinski definition) is 11. The Labute approximate surface area is 343 Å². The summed E-state index contributed by atoms with van der Waals surface area (Å²) in [6, 6.07) is 2.40. The zero-order valence-electron chi connectivity index (χ0n) is 35.9. The van der Waals surface area contributed by atoms with Crippen LogP contribution in [0.15, 0.2) is 23.8 Å². The van der Waals surface area contributed by atoms with Crippen molar-refractivity contribution < 1.29 is 53.2 Å². The van der Waals surface area contributed by atoms with E-state index in [9.17, 15) is 29.4 Å². The Balaban J connectivity index is 0.898. The van der Waals surface area contributed by atoms with Gasteiger partial charge in [0.25, 0.3) is 0 Å². The van der Waals surface area contributed by atoms with E-state index in [4.69, 9.17) is 23.8 Å². The summed E-state index contributed by atoms with van der Waals surface area (Å²) in [5, 5.41) is 22.2. The minimum absolute atomic E-state index is 0.0502. The van der Waals surface area contributed by atoms with E-state index in [1.165, 1.54) is 17.7 Å². The first kappa shape index (κ1) is 44.3. The highest BCUT2D eigenvalue weighted by molar-refractivity contribution is 5.96. The third-order valence-corrected chi connectivity index (χ3v) is 16.0.